The predicted octanol–water partition coefficient (Wildman–Crippen LogP) is 8.28. The molecule has 4 aromatic carbocycles. The molecule has 0 amide bonds. The lowest BCUT2D eigenvalue weighted by Crippen LogP contribution is -2.51. The van der Waals surface area contributed by atoms with Crippen LogP contribution in [0, 0.1) is 0 Å². The number of rotatable bonds is 9. The van der Waals surface area contributed by atoms with Crippen LogP contribution in [0.2, 0.25) is 0 Å². The quantitative estimate of drug-likeness (QED) is 0.128. The molecule has 0 saturated carbocycles. The molecular formula is C37H37BrN2O4. The molecule has 6 nitrogen and oxygen atoms in total. The minimum absolute atomic E-state index is 0.172. The summed E-state index contributed by atoms with van der Waals surface area (Å²) in [4.78, 5) is 13.4. The summed E-state index contributed by atoms with van der Waals surface area (Å²) in [6.45, 7) is 6.19. The van der Waals surface area contributed by atoms with Gasteiger partial charge in [-0.2, -0.15) is 0 Å². The molecule has 0 spiro atoms. The van der Waals surface area contributed by atoms with Crippen LogP contribution in [-0.2, 0) is 26.2 Å². The van der Waals surface area contributed by atoms with Crippen LogP contribution in [0.4, 0.5) is 4.79 Å². The molecule has 44 heavy (non-hydrogen) atoms. The Hall–Kier alpha value is -3.75. The van der Waals surface area contributed by atoms with Crippen molar-refractivity contribution in [2.45, 2.75) is 44.4 Å². The number of ether oxygens (including phenoxy) is 3. The minimum Gasteiger partial charge on any atom is -0.443 e. The number of benzene rings is 4. The van der Waals surface area contributed by atoms with E-state index in [-0.39, 0.29) is 12.8 Å². The second kappa shape index (κ2) is 12.3. The van der Waals surface area contributed by atoms with E-state index >= 15 is 0 Å². The summed E-state index contributed by atoms with van der Waals surface area (Å²) in [5.41, 5.74) is 6.49. The average Bonchev–Trinajstić information content (AvgIpc) is 3.52. The highest BCUT2D eigenvalue weighted by Gasteiger charge is 2.45. The Labute approximate surface area is 267 Å². The largest absolute Gasteiger partial charge is 0.443 e. The number of methoxy groups -OCH3 is 1. The van der Waals surface area contributed by atoms with Gasteiger partial charge in [0.2, 0.25) is 0 Å². The van der Waals surface area contributed by atoms with Crippen LogP contribution in [0.25, 0.3) is 22.0 Å². The first-order valence-electron chi connectivity index (χ1n) is 14.8. The van der Waals surface area contributed by atoms with Crippen molar-refractivity contribution in [3.05, 3.63) is 130 Å². The Morgan fingerprint density at radius 3 is 2.16 bits per heavy atom. The summed E-state index contributed by atoms with van der Waals surface area (Å²) in [5, 5.41) is 5.08. The van der Waals surface area contributed by atoms with Gasteiger partial charge < -0.3 is 14.2 Å². The van der Waals surface area contributed by atoms with Gasteiger partial charge >= 0.3 is 6.09 Å². The van der Waals surface area contributed by atoms with Gasteiger partial charge in [0.05, 0.1) is 17.7 Å². The molecule has 1 atom stereocenters. The van der Waals surface area contributed by atoms with Gasteiger partial charge in [-0.25, -0.2) is 4.79 Å². The molecule has 0 unspecified atom stereocenters. The zero-order valence-corrected chi connectivity index (χ0v) is 27.1. The Morgan fingerprint density at radius 1 is 0.886 bits per heavy atom. The van der Waals surface area contributed by atoms with Gasteiger partial charge in [-0.1, -0.05) is 101 Å². The van der Waals surface area contributed by atoms with Gasteiger partial charge in [-0.3, -0.25) is 9.88 Å². The normalized spacial score (nSPS) is 14.3. The third kappa shape index (κ3) is 5.61. The second-order valence-corrected chi connectivity index (χ2v) is 13.0. The van der Waals surface area contributed by atoms with E-state index in [0.29, 0.717) is 13.0 Å². The minimum atomic E-state index is -0.629. The number of nitrogens with one attached hydrogen (secondary N) is 1. The maximum atomic E-state index is 13.4. The van der Waals surface area contributed by atoms with Crippen LogP contribution >= 0.6 is 15.9 Å². The number of hydrogen-bond acceptors (Lipinski definition) is 5. The summed E-state index contributed by atoms with van der Waals surface area (Å²) in [6, 6.07) is 33.5. The SMILES string of the molecule is COCOC[C@@H](Cc1cn(C(=O)OC(C)(C)C)c2cccc(Br)c12)NC1(c2ccccc2)c2ccccc2-c2ccccc21. The number of carbonyl (C=O) groups is 1. The van der Waals surface area contributed by atoms with Crippen molar-refractivity contribution in [3.8, 4) is 11.1 Å². The van der Waals surface area contributed by atoms with Gasteiger partial charge in [0, 0.05) is 29.2 Å². The summed E-state index contributed by atoms with van der Waals surface area (Å²) >= 11 is 3.77. The van der Waals surface area contributed by atoms with E-state index in [2.05, 4.69) is 94.0 Å². The standard InChI is InChI=1S/C37H37BrN2O4/c1-36(2,3)44-35(41)40-22-25(34-32(38)19-12-20-33(34)40)21-27(23-43-24-42-4)39-37(26-13-6-5-7-14-26)30-17-10-8-15-28(30)29-16-9-11-18-31(29)37/h5-20,22,27,39H,21,23-24H2,1-4H3/t27-/m1/s1. The van der Waals surface area contributed by atoms with Crippen molar-refractivity contribution in [2.24, 2.45) is 0 Å². The molecule has 7 heteroatoms. The van der Waals surface area contributed by atoms with Crippen LogP contribution in [-0.4, -0.2) is 42.8 Å². The lowest BCUT2D eigenvalue weighted by Gasteiger charge is -2.38. The fourth-order valence-corrected chi connectivity index (χ4v) is 7.02. The molecule has 226 valence electrons. The highest BCUT2D eigenvalue weighted by atomic mass is 79.9. The molecule has 6 rings (SSSR count). The smallest absolute Gasteiger partial charge is 0.419 e. The molecule has 0 saturated heterocycles. The van der Waals surface area contributed by atoms with Crippen molar-refractivity contribution >= 4 is 32.9 Å². The van der Waals surface area contributed by atoms with Crippen LogP contribution in [0.1, 0.15) is 43.0 Å². The number of aromatic nitrogens is 1. The molecule has 0 aliphatic heterocycles. The zero-order chi connectivity index (χ0) is 30.9. The third-order valence-corrected chi connectivity index (χ3v) is 8.67. The van der Waals surface area contributed by atoms with E-state index in [1.165, 1.54) is 22.3 Å². The molecule has 0 fully saturated rings. The first-order valence-corrected chi connectivity index (χ1v) is 15.6. The monoisotopic (exact) mass is 652 g/mol. The molecule has 1 aliphatic rings. The van der Waals surface area contributed by atoms with E-state index < -0.39 is 17.2 Å². The zero-order valence-electron chi connectivity index (χ0n) is 25.5. The van der Waals surface area contributed by atoms with Crippen molar-refractivity contribution in [1.29, 1.82) is 0 Å². The van der Waals surface area contributed by atoms with Crippen LogP contribution in [0.15, 0.2) is 108 Å². The second-order valence-electron chi connectivity index (χ2n) is 12.2. The van der Waals surface area contributed by atoms with Gasteiger partial charge in [-0.05, 0) is 72.7 Å². The Bertz CT molecular complexity index is 1750. The Balaban J connectivity index is 1.48. The van der Waals surface area contributed by atoms with Crippen LogP contribution in [0.3, 0.4) is 0 Å². The van der Waals surface area contributed by atoms with Crippen molar-refractivity contribution in [2.75, 3.05) is 20.5 Å². The van der Waals surface area contributed by atoms with Gasteiger partial charge in [0.1, 0.15) is 12.4 Å². The summed E-state index contributed by atoms with van der Waals surface area (Å²) in [7, 11) is 1.63. The van der Waals surface area contributed by atoms with Gasteiger partial charge in [0.25, 0.3) is 0 Å². The lowest BCUT2D eigenvalue weighted by atomic mass is 9.79. The number of nitrogens with zero attached hydrogens (tertiary/aromatic N) is 1. The molecule has 0 bridgehead atoms. The van der Waals surface area contributed by atoms with Gasteiger partial charge in [0.15, 0.2) is 0 Å². The average molecular weight is 654 g/mol. The van der Waals surface area contributed by atoms with Gasteiger partial charge in [-0.15, -0.1) is 0 Å². The van der Waals surface area contributed by atoms with Crippen molar-refractivity contribution in [3.63, 3.8) is 0 Å². The number of halogens is 1. The molecule has 0 radical (unpaired) electrons. The van der Waals surface area contributed by atoms with E-state index in [9.17, 15) is 4.79 Å². The van der Waals surface area contributed by atoms with E-state index in [1.54, 1.807) is 11.7 Å². The summed E-state index contributed by atoms with van der Waals surface area (Å²) < 4.78 is 19.6. The highest BCUT2D eigenvalue weighted by molar-refractivity contribution is 9.10. The summed E-state index contributed by atoms with van der Waals surface area (Å²) in [5.74, 6) is 0. The number of carbonyl (C=O) groups excluding carboxylic acids is 1. The topological polar surface area (TPSA) is 61.7 Å². The fraction of sp³-hybridized carbons (Fsp3) is 0.270. The Morgan fingerprint density at radius 2 is 1.52 bits per heavy atom. The molecule has 5 aromatic rings. The predicted molar refractivity (Wildman–Crippen MR) is 178 cm³/mol. The Kier molecular flexibility index (Phi) is 8.49. The molecular weight excluding hydrogens is 616 g/mol. The maximum Gasteiger partial charge on any atom is 0.419 e. The molecule has 1 heterocycles. The fourth-order valence-electron chi connectivity index (χ4n) is 6.41. The van der Waals surface area contributed by atoms with E-state index in [4.69, 9.17) is 14.2 Å². The van der Waals surface area contributed by atoms with Crippen LogP contribution < -0.4 is 5.32 Å². The van der Waals surface area contributed by atoms with Crippen LogP contribution in [0.5, 0.6) is 0 Å². The maximum absolute atomic E-state index is 13.4. The lowest BCUT2D eigenvalue weighted by molar-refractivity contribution is -0.0393. The first-order chi connectivity index (χ1) is 21.2. The third-order valence-electron chi connectivity index (χ3n) is 8.01. The molecule has 1 aliphatic carbocycles. The van der Waals surface area contributed by atoms with Crippen molar-refractivity contribution < 1.29 is 19.0 Å². The molecule has 1 aromatic heterocycles. The van der Waals surface area contributed by atoms with E-state index in [0.717, 1.165) is 26.5 Å². The van der Waals surface area contributed by atoms with E-state index in [1.807, 2.05) is 51.2 Å². The summed E-state index contributed by atoms with van der Waals surface area (Å²) in [6.07, 6.45) is 2.07. The highest BCUT2D eigenvalue weighted by Crippen LogP contribution is 2.51. The number of fused-ring (bicyclic) bond motifs is 4. The first kappa shape index (κ1) is 30.3. The number of hydrogen-bond donors (Lipinski definition) is 1. The van der Waals surface area contributed by atoms with Crippen molar-refractivity contribution in [1.82, 2.24) is 9.88 Å². The molecule has 1 N–H and O–H groups in total.